The molecule has 1 aliphatic rings. The van der Waals surface area contributed by atoms with Crippen molar-refractivity contribution in [2.75, 3.05) is 6.54 Å². The Bertz CT molecular complexity index is 407. The molecule has 0 unspecified atom stereocenters. The first-order chi connectivity index (χ1) is 7.81. The molecule has 0 saturated carbocycles. The normalized spacial score (nSPS) is 14.7. The van der Waals surface area contributed by atoms with Gasteiger partial charge in [-0.2, -0.15) is 5.26 Å². The van der Waals surface area contributed by atoms with Crippen molar-refractivity contribution in [1.82, 2.24) is 5.32 Å². The summed E-state index contributed by atoms with van der Waals surface area (Å²) in [5.41, 5.74) is 1.34. The van der Waals surface area contributed by atoms with Crippen molar-refractivity contribution in [2.24, 2.45) is 0 Å². The molecule has 4 heteroatoms. The van der Waals surface area contributed by atoms with Crippen LogP contribution in [0.3, 0.4) is 0 Å². The Hall–Kier alpha value is -1.34. The first-order valence-corrected chi connectivity index (χ1v) is 6.39. The molecule has 1 aromatic rings. The Balaban J connectivity index is 2.12. The SMILES string of the molecule is N#CCNC(=O)c1cc2c(s1)CCCCC2. The van der Waals surface area contributed by atoms with E-state index in [0.717, 1.165) is 17.7 Å². The van der Waals surface area contributed by atoms with Crippen LogP contribution in [0.5, 0.6) is 0 Å². The molecule has 2 rings (SSSR count). The number of carbonyl (C=O) groups excluding carboxylic acids is 1. The van der Waals surface area contributed by atoms with Crippen LogP contribution in [0.1, 0.15) is 39.4 Å². The molecule has 1 aromatic heterocycles. The van der Waals surface area contributed by atoms with E-state index in [4.69, 9.17) is 5.26 Å². The Labute approximate surface area is 99.1 Å². The zero-order valence-electron chi connectivity index (χ0n) is 9.08. The number of hydrogen-bond donors (Lipinski definition) is 1. The number of rotatable bonds is 2. The summed E-state index contributed by atoms with van der Waals surface area (Å²) in [5.74, 6) is -0.111. The molecule has 3 nitrogen and oxygen atoms in total. The van der Waals surface area contributed by atoms with Gasteiger partial charge in [0.25, 0.3) is 5.91 Å². The maximum absolute atomic E-state index is 11.7. The number of thiophene rings is 1. The van der Waals surface area contributed by atoms with E-state index in [0.29, 0.717) is 0 Å². The van der Waals surface area contributed by atoms with Gasteiger partial charge in [0.05, 0.1) is 10.9 Å². The molecule has 0 fully saturated rings. The number of amides is 1. The molecule has 0 spiro atoms. The first kappa shape index (κ1) is 11.2. The average Bonchev–Trinajstić information content (AvgIpc) is 2.58. The van der Waals surface area contributed by atoms with Crippen LogP contribution in [0.4, 0.5) is 0 Å². The third-order valence-electron chi connectivity index (χ3n) is 2.80. The second-order valence-electron chi connectivity index (χ2n) is 3.96. The van der Waals surface area contributed by atoms with Crippen molar-refractivity contribution in [3.8, 4) is 6.07 Å². The third-order valence-corrected chi connectivity index (χ3v) is 4.03. The number of aryl methyl sites for hydroxylation is 2. The topological polar surface area (TPSA) is 52.9 Å². The van der Waals surface area contributed by atoms with Gasteiger partial charge in [0.1, 0.15) is 6.54 Å². The predicted molar refractivity (Wildman–Crippen MR) is 63.5 cm³/mol. The molecule has 0 saturated heterocycles. The van der Waals surface area contributed by atoms with E-state index in [-0.39, 0.29) is 12.5 Å². The maximum Gasteiger partial charge on any atom is 0.262 e. The minimum absolute atomic E-state index is 0.0847. The molecule has 84 valence electrons. The van der Waals surface area contributed by atoms with E-state index in [1.54, 1.807) is 11.3 Å². The lowest BCUT2D eigenvalue weighted by Crippen LogP contribution is -2.22. The highest BCUT2D eigenvalue weighted by atomic mass is 32.1. The fourth-order valence-electron chi connectivity index (χ4n) is 1.99. The van der Waals surface area contributed by atoms with Gasteiger partial charge in [0.2, 0.25) is 0 Å². The molecule has 0 aliphatic heterocycles. The summed E-state index contributed by atoms with van der Waals surface area (Å²) in [4.78, 5) is 13.8. The summed E-state index contributed by atoms with van der Waals surface area (Å²) < 4.78 is 0. The van der Waals surface area contributed by atoms with Crippen molar-refractivity contribution >= 4 is 17.2 Å². The van der Waals surface area contributed by atoms with E-state index in [2.05, 4.69) is 5.32 Å². The van der Waals surface area contributed by atoms with E-state index in [9.17, 15) is 4.79 Å². The van der Waals surface area contributed by atoms with Gasteiger partial charge in [-0.3, -0.25) is 4.79 Å². The molecule has 1 aliphatic carbocycles. The highest BCUT2D eigenvalue weighted by Gasteiger charge is 2.15. The predicted octanol–water partition coefficient (Wildman–Crippen LogP) is 2.27. The summed E-state index contributed by atoms with van der Waals surface area (Å²) in [7, 11) is 0. The summed E-state index contributed by atoms with van der Waals surface area (Å²) in [5, 5.41) is 11.0. The fraction of sp³-hybridized carbons (Fsp3) is 0.500. The zero-order valence-corrected chi connectivity index (χ0v) is 9.90. The number of hydrogen-bond acceptors (Lipinski definition) is 3. The van der Waals surface area contributed by atoms with Gasteiger partial charge in [-0.15, -0.1) is 11.3 Å². The van der Waals surface area contributed by atoms with Crippen LogP contribution in [-0.2, 0) is 12.8 Å². The molecule has 0 radical (unpaired) electrons. The lowest BCUT2D eigenvalue weighted by Gasteiger charge is -1.96. The van der Waals surface area contributed by atoms with Gasteiger partial charge in [-0.05, 0) is 37.3 Å². The number of nitrogens with zero attached hydrogens (tertiary/aromatic N) is 1. The van der Waals surface area contributed by atoms with Gasteiger partial charge in [-0.25, -0.2) is 0 Å². The number of nitrogens with one attached hydrogen (secondary N) is 1. The fourth-order valence-corrected chi connectivity index (χ4v) is 3.16. The van der Waals surface area contributed by atoms with Crippen molar-refractivity contribution in [3.05, 3.63) is 21.4 Å². The van der Waals surface area contributed by atoms with Crippen LogP contribution in [0.15, 0.2) is 6.07 Å². The molecule has 1 amide bonds. The minimum atomic E-state index is -0.111. The van der Waals surface area contributed by atoms with Crippen LogP contribution in [0, 0.1) is 11.3 Å². The van der Waals surface area contributed by atoms with Crippen molar-refractivity contribution in [2.45, 2.75) is 32.1 Å². The van der Waals surface area contributed by atoms with Gasteiger partial charge < -0.3 is 5.32 Å². The third kappa shape index (κ3) is 2.42. The Morgan fingerprint density at radius 1 is 1.44 bits per heavy atom. The number of fused-ring (bicyclic) bond motifs is 1. The van der Waals surface area contributed by atoms with E-state index in [1.165, 1.54) is 29.7 Å². The summed E-state index contributed by atoms with van der Waals surface area (Å²) in [6, 6.07) is 3.91. The quantitative estimate of drug-likeness (QED) is 0.630. The molecule has 1 N–H and O–H groups in total. The van der Waals surface area contributed by atoms with Crippen LogP contribution >= 0.6 is 11.3 Å². The minimum Gasteiger partial charge on any atom is -0.338 e. The monoisotopic (exact) mass is 234 g/mol. The van der Waals surface area contributed by atoms with Crippen molar-refractivity contribution in [3.63, 3.8) is 0 Å². The standard InChI is InChI=1S/C12H14N2OS/c13-6-7-14-12(15)11-8-9-4-2-1-3-5-10(9)16-11/h8H,1-5,7H2,(H,14,15). The highest BCUT2D eigenvalue weighted by Crippen LogP contribution is 2.28. The Morgan fingerprint density at radius 3 is 3.06 bits per heavy atom. The first-order valence-electron chi connectivity index (χ1n) is 5.58. The van der Waals surface area contributed by atoms with Crippen LogP contribution in [-0.4, -0.2) is 12.5 Å². The maximum atomic E-state index is 11.7. The van der Waals surface area contributed by atoms with Gasteiger partial charge in [0.15, 0.2) is 0 Å². The van der Waals surface area contributed by atoms with E-state index in [1.807, 2.05) is 12.1 Å². The summed E-state index contributed by atoms with van der Waals surface area (Å²) in [6.07, 6.45) is 5.94. The smallest absolute Gasteiger partial charge is 0.262 e. The molecule has 1 heterocycles. The van der Waals surface area contributed by atoms with Crippen LogP contribution < -0.4 is 5.32 Å². The molecular formula is C12H14N2OS. The average molecular weight is 234 g/mol. The lowest BCUT2D eigenvalue weighted by molar-refractivity contribution is 0.0962. The lowest BCUT2D eigenvalue weighted by atomic mass is 10.1. The van der Waals surface area contributed by atoms with Crippen LogP contribution in [0.2, 0.25) is 0 Å². The van der Waals surface area contributed by atoms with Gasteiger partial charge in [0, 0.05) is 4.88 Å². The van der Waals surface area contributed by atoms with Crippen molar-refractivity contribution in [1.29, 1.82) is 5.26 Å². The van der Waals surface area contributed by atoms with E-state index < -0.39 is 0 Å². The van der Waals surface area contributed by atoms with Crippen LogP contribution in [0.25, 0.3) is 0 Å². The summed E-state index contributed by atoms with van der Waals surface area (Å²) in [6.45, 7) is 0.0847. The second-order valence-corrected chi connectivity index (χ2v) is 5.10. The Morgan fingerprint density at radius 2 is 2.25 bits per heavy atom. The highest BCUT2D eigenvalue weighted by molar-refractivity contribution is 7.14. The largest absolute Gasteiger partial charge is 0.338 e. The Kier molecular flexibility index (Phi) is 3.58. The van der Waals surface area contributed by atoms with Crippen molar-refractivity contribution < 1.29 is 4.79 Å². The summed E-state index contributed by atoms with van der Waals surface area (Å²) >= 11 is 1.59. The van der Waals surface area contributed by atoms with Gasteiger partial charge >= 0.3 is 0 Å². The molecular weight excluding hydrogens is 220 g/mol. The molecule has 0 bridgehead atoms. The van der Waals surface area contributed by atoms with Gasteiger partial charge in [-0.1, -0.05) is 6.42 Å². The number of carbonyl (C=O) groups is 1. The molecule has 0 aromatic carbocycles. The number of nitriles is 1. The zero-order chi connectivity index (χ0) is 11.4. The second kappa shape index (κ2) is 5.13. The molecule has 16 heavy (non-hydrogen) atoms. The molecule has 0 atom stereocenters. The van der Waals surface area contributed by atoms with E-state index >= 15 is 0 Å².